The van der Waals surface area contributed by atoms with Gasteiger partial charge in [0.2, 0.25) is 0 Å². The van der Waals surface area contributed by atoms with E-state index in [4.69, 9.17) is 5.11 Å². The van der Waals surface area contributed by atoms with Crippen LogP contribution in [-0.2, 0) is 6.54 Å². The Morgan fingerprint density at radius 3 is 2.60 bits per heavy atom. The lowest BCUT2D eigenvalue weighted by atomic mass is 10.1. The average Bonchev–Trinajstić information content (AvgIpc) is 2.40. The number of carboxylic acid groups (broad SMARTS) is 1. The lowest BCUT2D eigenvalue weighted by Gasteiger charge is -2.19. The predicted molar refractivity (Wildman–Crippen MR) is 71.9 cm³/mol. The molecule has 0 radical (unpaired) electrons. The highest BCUT2D eigenvalue weighted by atomic mass is 19.1. The van der Waals surface area contributed by atoms with Gasteiger partial charge in [-0.1, -0.05) is 12.1 Å². The van der Waals surface area contributed by atoms with Crippen molar-refractivity contribution >= 4 is 11.7 Å². The summed E-state index contributed by atoms with van der Waals surface area (Å²) in [6, 6.07) is 9.97. The molecule has 0 unspecified atom stereocenters. The van der Waals surface area contributed by atoms with Crippen LogP contribution in [0.25, 0.3) is 0 Å². The van der Waals surface area contributed by atoms with Crippen molar-refractivity contribution < 1.29 is 18.7 Å². The third kappa shape index (κ3) is 3.12. The Morgan fingerprint density at radius 1 is 1.20 bits per heavy atom. The van der Waals surface area contributed by atoms with Crippen molar-refractivity contribution in [3.05, 3.63) is 65.2 Å². The van der Waals surface area contributed by atoms with Crippen LogP contribution < -0.4 is 4.90 Å². The number of hydrogen-bond donors (Lipinski definition) is 1. The van der Waals surface area contributed by atoms with Crippen molar-refractivity contribution in [3.63, 3.8) is 0 Å². The Balaban J connectivity index is 2.22. The van der Waals surface area contributed by atoms with Crippen LogP contribution in [-0.4, -0.2) is 18.1 Å². The molecule has 0 spiro atoms. The monoisotopic (exact) mass is 277 g/mol. The van der Waals surface area contributed by atoms with Crippen molar-refractivity contribution in [2.75, 3.05) is 11.9 Å². The quantitative estimate of drug-likeness (QED) is 0.932. The van der Waals surface area contributed by atoms with Gasteiger partial charge >= 0.3 is 5.97 Å². The molecular formula is C15H13F2NO2. The van der Waals surface area contributed by atoms with Crippen LogP contribution in [0.1, 0.15) is 15.9 Å². The Kier molecular flexibility index (Phi) is 3.98. The van der Waals surface area contributed by atoms with Crippen molar-refractivity contribution in [2.45, 2.75) is 6.54 Å². The molecule has 0 saturated heterocycles. The van der Waals surface area contributed by atoms with E-state index >= 15 is 0 Å². The van der Waals surface area contributed by atoms with Crippen LogP contribution in [0, 0.1) is 11.6 Å². The van der Waals surface area contributed by atoms with Crippen LogP contribution in [0.2, 0.25) is 0 Å². The van der Waals surface area contributed by atoms with E-state index < -0.39 is 11.8 Å². The Bertz CT molecular complexity index is 644. The number of halogens is 2. The van der Waals surface area contributed by atoms with E-state index in [1.54, 1.807) is 24.1 Å². The molecule has 0 amide bonds. The van der Waals surface area contributed by atoms with E-state index in [1.807, 2.05) is 0 Å². The Labute approximate surface area is 115 Å². The second-order valence-corrected chi connectivity index (χ2v) is 4.46. The first kappa shape index (κ1) is 14.0. The molecule has 0 aliphatic heterocycles. The van der Waals surface area contributed by atoms with Crippen LogP contribution in [0.15, 0.2) is 42.5 Å². The van der Waals surface area contributed by atoms with Gasteiger partial charge in [0.05, 0.1) is 5.56 Å². The minimum Gasteiger partial charge on any atom is -0.478 e. The van der Waals surface area contributed by atoms with Crippen molar-refractivity contribution in [2.24, 2.45) is 0 Å². The normalized spacial score (nSPS) is 10.3. The minimum absolute atomic E-state index is 0.348. The van der Waals surface area contributed by atoms with Crippen molar-refractivity contribution in [1.29, 1.82) is 0 Å². The summed E-state index contributed by atoms with van der Waals surface area (Å²) in [6.07, 6.45) is 0. The smallest absolute Gasteiger partial charge is 0.338 e. The highest BCUT2D eigenvalue weighted by molar-refractivity contribution is 5.88. The molecule has 0 atom stereocenters. The summed E-state index contributed by atoms with van der Waals surface area (Å²) in [5.41, 5.74) is 0.928. The summed E-state index contributed by atoms with van der Waals surface area (Å²) in [5.74, 6) is -2.42. The van der Waals surface area contributed by atoms with Crippen molar-refractivity contribution in [3.8, 4) is 0 Å². The number of rotatable bonds is 4. The van der Waals surface area contributed by atoms with Crippen LogP contribution in [0.4, 0.5) is 14.5 Å². The van der Waals surface area contributed by atoms with E-state index in [1.165, 1.54) is 24.3 Å². The highest BCUT2D eigenvalue weighted by Crippen LogP contribution is 2.18. The van der Waals surface area contributed by atoms with E-state index in [9.17, 15) is 13.6 Å². The summed E-state index contributed by atoms with van der Waals surface area (Å²) in [6.45, 7) is 0.351. The maximum atomic E-state index is 13.3. The first-order chi connectivity index (χ1) is 9.47. The third-order valence-corrected chi connectivity index (χ3v) is 2.93. The van der Waals surface area contributed by atoms with Gasteiger partial charge in [-0.05, 0) is 35.9 Å². The predicted octanol–water partition coefficient (Wildman–Crippen LogP) is 3.30. The van der Waals surface area contributed by atoms with E-state index in [0.717, 1.165) is 6.07 Å². The van der Waals surface area contributed by atoms with E-state index in [-0.39, 0.29) is 11.4 Å². The number of nitrogens with zero attached hydrogens (tertiary/aromatic N) is 1. The first-order valence-corrected chi connectivity index (χ1v) is 5.96. The Hall–Kier alpha value is -2.43. The standard InChI is InChI=1S/C15H13F2NO2/c1-18(12-4-2-3-11(16)8-12)9-10-5-6-14(17)13(7-10)15(19)20/h2-8H,9H2,1H3,(H,19,20). The highest BCUT2D eigenvalue weighted by Gasteiger charge is 2.12. The molecule has 2 aromatic rings. The fourth-order valence-corrected chi connectivity index (χ4v) is 1.91. The fraction of sp³-hybridized carbons (Fsp3) is 0.133. The van der Waals surface area contributed by atoms with Gasteiger partial charge in [-0.25, -0.2) is 13.6 Å². The SMILES string of the molecule is CN(Cc1ccc(F)c(C(=O)O)c1)c1cccc(F)c1. The molecule has 0 heterocycles. The molecule has 3 nitrogen and oxygen atoms in total. The van der Waals surface area contributed by atoms with Gasteiger partial charge in [0.1, 0.15) is 11.6 Å². The van der Waals surface area contributed by atoms with Crippen LogP contribution in [0.3, 0.4) is 0 Å². The maximum Gasteiger partial charge on any atom is 0.338 e. The summed E-state index contributed by atoms with van der Waals surface area (Å²) in [5, 5.41) is 8.87. The van der Waals surface area contributed by atoms with Gasteiger partial charge in [-0.3, -0.25) is 0 Å². The number of benzene rings is 2. The molecule has 104 valence electrons. The maximum absolute atomic E-state index is 13.3. The largest absolute Gasteiger partial charge is 0.478 e. The summed E-state index contributed by atoms with van der Waals surface area (Å²) in [7, 11) is 1.75. The lowest BCUT2D eigenvalue weighted by Crippen LogP contribution is -2.17. The van der Waals surface area contributed by atoms with Gasteiger partial charge < -0.3 is 10.0 Å². The zero-order valence-corrected chi connectivity index (χ0v) is 10.8. The fourth-order valence-electron chi connectivity index (χ4n) is 1.91. The lowest BCUT2D eigenvalue weighted by molar-refractivity contribution is 0.0691. The summed E-state index contributed by atoms with van der Waals surface area (Å²) in [4.78, 5) is 12.6. The molecule has 1 N–H and O–H groups in total. The van der Waals surface area contributed by atoms with Gasteiger partial charge in [0.25, 0.3) is 0 Å². The minimum atomic E-state index is -1.31. The van der Waals surface area contributed by atoms with Gasteiger partial charge in [-0.2, -0.15) is 0 Å². The number of anilines is 1. The molecule has 2 aromatic carbocycles. The number of hydrogen-bond acceptors (Lipinski definition) is 2. The van der Waals surface area contributed by atoms with E-state index in [0.29, 0.717) is 17.8 Å². The molecule has 0 aliphatic carbocycles. The van der Waals surface area contributed by atoms with Gasteiger partial charge in [-0.15, -0.1) is 0 Å². The molecule has 0 bridgehead atoms. The van der Waals surface area contributed by atoms with Crippen molar-refractivity contribution in [1.82, 2.24) is 0 Å². The third-order valence-electron chi connectivity index (χ3n) is 2.93. The number of carboxylic acids is 1. The molecule has 0 aliphatic rings. The van der Waals surface area contributed by atoms with Crippen LogP contribution >= 0.6 is 0 Å². The van der Waals surface area contributed by atoms with Crippen LogP contribution in [0.5, 0.6) is 0 Å². The molecular weight excluding hydrogens is 264 g/mol. The average molecular weight is 277 g/mol. The summed E-state index contributed by atoms with van der Waals surface area (Å²) < 4.78 is 26.4. The molecule has 5 heteroatoms. The second kappa shape index (κ2) is 5.69. The molecule has 0 saturated carbocycles. The number of carbonyl (C=O) groups is 1. The van der Waals surface area contributed by atoms with Gasteiger partial charge in [0, 0.05) is 19.3 Å². The van der Waals surface area contributed by atoms with E-state index in [2.05, 4.69) is 0 Å². The first-order valence-electron chi connectivity index (χ1n) is 5.96. The zero-order chi connectivity index (χ0) is 14.7. The molecule has 20 heavy (non-hydrogen) atoms. The molecule has 0 fully saturated rings. The molecule has 2 rings (SSSR count). The summed E-state index contributed by atoms with van der Waals surface area (Å²) >= 11 is 0. The number of aromatic carboxylic acids is 1. The van der Waals surface area contributed by atoms with Gasteiger partial charge in [0.15, 0.2) is 0 Å². The molecule has 0 aromatic heterocycles. The zero-order valence-electron chi connectivity index (χ0n) is 10.8. The Morgan fingerprint density at radius 2 is 1.95 bits per heavy atom. The topological polar surface area (TPSA) is 40.5 Å². The second-order valence-electron chi connectivity index (χ2n) is 4.46.